The Bertz CT molecular complexity index is 767. The molecule has 0 saturated heterocycles. The highest BCUT2D eigenvalue weighted by atomic mass is 19.4. The first kappa shape index (κ1) is 18.7. The smallest absolute Gasteiger partial charge is 0.352 e. The first-order valence-corrected chi connectivity index (χ1v) is 6.90. The highest BCUT2D eigenvalue weighted by molar-refractivity contribution is 5.75. The van der Waals surface area contributed by atoms with Crippen molar-refractivity contribution in [1.29, 1.82) is 0 Å². The summed E-state index contributed by atoms with van der Waals surface area (Å²) < 4.78 is 80.9. The minimum absolute atomic E-state index is 0.0997. The molecule has 1 aromatic heterocycles. The summed E-state index contributed by atoms with van der Waals surface area (Å²) in [4.78, 5) is 14.3. The SMILES string of the molecule is CCC(=O)NCc1ccc(-c2noc(C(F)(F)F)n2)cc1C(F)(F)F. The molecule has 1 amide bonds. The van der Waals surface area contributed by atoms with Gasteiger partial charge < -0.3 is 9.84 Å². The third kappa shape index (κ3) is 4.48. The van der Waals surface area contributed by atoms with Crippen molar-refractivity contribution in [2.24, 2.45) is 0 Å². The number of carbonyl (C=O) groups excluding carboxylic acids is 1. The first-order valence-electron chi connectivity index (χ1n) is 6.90. The summed E-state index contributed by atoms with van der Waals surface area (Å²) in [6, 6.07) is 2.77. The van der Waals surface area contributed by atoms with Gasteiger partial charge in [0.05, 0.1) is 5.56 Å². The standard InChI is InChI=1S/C14H11F6N3O2/c1-2-10(24)21-6-8-4-3-7(5-9(8)13(15,16)17)11-22-12(25-23-11)14(18,19)20/h3-5H,2,6H2,1H3,(H,21,24). The predicted octanol–water partition coefficient (Wildman–Crippen LogP) is 3.80. The number of aromatic nitrogens is 2. The number of hydrogen-bond acceptors (Lipinski definition) is 4. The van der Waals surface area contributed by atoms with E-state index in [4.69, 9.17) is 0 Å². The van der Waals surface area contributed by atoms with Crippen molar-refractivity contribution in [2.75, 3.05) is 0 Å². The molecule has 1 N–H and O–H groups in total. The molecule has 5 nitrogen and oxygen atoms in total. The average Bonchev–Trinajstić information content (AvgIpc) is 3.01. The van der Waals surface area contributed by atoms with E-state index in [2.05, 4.69) is 20.0 Å². The zero-order valence-electron chi connectivity index (χ0n) is 12.6. The minimum atomic E-state index is -4.90. The van der Waals surface area contributed by atoms with Crippen molar-refractivity contribution in [2.45, 2.75) is 32.2 Å². The zero-order valence-corrected chi connectivity index (χ0v) is 12.6. The maximum absolute atomic E-state index is 13.2. The molecule has 0 spiro atoms. The third-order valence-electron chi connectivity index (χ3n) is 3.14. The topological polar surface area (TPSA) is 68.0 Å². The summed E-state index contributed by atoms with van der Waals surface area (Å²) in [5.74, 6) is -2.72. The molecule has 2 rings (SSSR count). The number of carbonyl (C=O) groups is 1. The van der Waals surface area contributed by atoms with Crippen LogP contribution in [0.4, 0.5) is 26.3 Å². The molecule has 0 bridgehead atoms. The summed E-state index contributed by atoms with van der Waals surface area (Å²) in [6.07, 6.45) is -9.58. The van der Waals surface area contributed by atoms with E-state index in [0.29, 0.717) is 6.07 Å². The fourth-order valence-corrected chi connectivity index (χ4v) is 1.91. The quantitative estimate of drug-likeness (QED) is 0.835. The molecule has 1 aromatic carbocycles. The molecule has 11 heteroatoms. The van der Waals surface area contributed by atoms with Gasteiger partial charge in [0.1, 0.15) is 0 Å². The van der Waals surface area contributed by atoms with Crippen LogP contribution in [0.3, 0.4) is 0 Å². The lowest BCUT2D eigenvalue weighted by Crippen LogP contribution is -2.23. The van der Waals surface area contributed by atoms with Crippen molar-refractivity contribution in [3.05, 3.63) is 35.2 Å². The molecule has 0 aliphatic carbocycles. The first-order chi connectivity index (χ1) is 11.5. The molecule has 1 heterocycles. The Hall–Kier alpha value is -2.59. The maximum Gasteiger partial charge on any atom is 0.471 e. The van der Waals surface area contributed by atoms with E-state index in [-0.39, 0.29) is 24.1 Å². The number of nitrogens with one attached hydrogen (secondary N) is 1. The molecule has 2 aromatic rings. The molecule has 25 heavy (non-hydrogen) atoms. The van der Waals surface area contributed by atoms with E-state index in [9.17, 15) is 31.1 Å². The molecule has 0 aliphatic rings. The van der Waals surface area contributed by atoms with Crippen molar-refractivity contribution in [1.82, 2.24) is 15.5 Å². The third-order valence-corrected chi connectivity index (χ3v) is 3.14. The lowest BCUT2D eigenvalue weighted by atomic mass is 10.0. The number of amides is 1. The lowest BCUT2D eigenvalue weighted by Gasteiger charge is -2.14. The van der Waals surface area contributed by atoms with Gasteiger partial charge in [0.2, 0.25) is 11.7 Å². The van der Waals surface area contributed by atoms with E-state index < -0.39 is 35.5 Å². The monoisotopic (exact) mass is 367 g/mol. The second-order valence-corrected chi connectivity index (χ2v) is 4.92. The van der Waals surface area contributed by atoms with E-state index in [1.165, 1.54) is 6.92 Å². The Kier molecular flexibility index (Phi) is 5.04. The predicted molar refractivity (Wildman–Crippen MR) is 71.9 cm³/mol. The normalized spacial score (nSPS) is 12.3. The van der Waals surface area contributed by atoms with Crippen molar-refractivity contribution in [3.63, 3.8) is 0 Å². The Morgan fingerprint density at radius 1 is 1.16 bits per heavy atom. The molecular weight excluding hydrogens is 356 g/mol. The van der Waals surface area contributed by atoms with Gasteiger partial charge in [0, 0.05) is 18.5 Å². The summed E-state index contributed by atoms with van der Waals surface area (Å²) in [5.41, 5.74) is -1.64. The van der Waals surface area contributed by atoms with Crippen LogP contribution in [-0.2, 0) is 23.7 Å². The Balaban J connectivity index is 2.38. The summed E-state index contributed by atoms with van der Waals surface area (Å²) in [6.45, 7) is 1.17. The Morgan fingerprint density at radius 3 is 2.36 bits per heavy atom. The van der Waals surface area contributed by atoms with E-state index >= 15 is 0 Å². The van der Waals surface area contributed by atoms with Gasteiger partial charge in [-0.05, 0) is 11.6 Å². The highest BCUT2D eigenvalue weighted by Gasteiger charge is 2.39. The Morgan fingerprint density at radius 2 is 1.84 bits per heavy atom. The van der Waals surface area contributed by atoms with Crippen LogP contribution in [0, 0.1) is 0 Å². The number of hydrogen-bond donors (Lipinski definition) is 1. The van der Waals surface area contributed by atoms with Crippen LogP contribution in [0.1, 0.15) is 30.4 Å². The van der Waals surface area contributed by atoms with Crippen LogP contribution in [0.25, 0.3) is 11.4 Å². The van der Waals surface area contributed by atoms with Gasteiger partial charge >= 0.3 is 18.2 Å². The number of rotatable bonds is 4. The van der Waals surface area contributed by atoms with Crippen LogP contribution in [0.5, 0.6) is 0 Å². The van der Waals surface area contributed by atoms with Crippen molar-refractivity contribution >= 4 is 5.91 Å². The molecule has 0 aliphatic heterocycles. The summed E-state index contributed by atoms with van der Waals surface area (Å²) in [5, 5.41) is 5.36. The van der Waals surface area contributed by atoms with Gasteiger partial charge in [-0.15, -0.1) is 0 Å². The highest BCUT2D eigenvalue weighted by Crippen LogP contribution is 2.35. The largest absolute Gasteiger partial charge is 0.471 e. The summed E-state index contributed by atoms with van der Waals surface area (Å²) in [7, 11) is 0. The van der Waals surface area contributed by atoms with Crippen LogP contribution in [-0.4, -0.2) is 16.0 Å². The summed E-state index contributed by atoms with van der Waals surface area (Å²) >= 11 is 0. The van der Waals surface area contributed by atoms with Crippen LogP contribution < -0.4 is 5.32 Å². The minimum Gasteiger partial charge on any atom is -0.352 e. The van der Waals surface area contributed by atoms with E-state index in [1.54, 1.807) is 0 Å². The maximum atomic E-state index is 13.2. The molecule has 0 saturated carbocycles. The fourth-order valence-electron chi connectivity index (χ4n) is 1.91. The van der Waals surface area contributed by atoms with Gasteiger partial charge in [-0.2, -0.15) is 31.3 Å². The molecule has 0 radical (unpaired) electrons. The number of benzene rings is 1. The molecule has 0 fully saturated rings. The van der Waals surface area contributed by atoms with Crippen LogP contribution in [0.2, 0.25) is 0 Å². The molecule has 0 atom stereocenters. The fraction of sp³-hybridized carbons (Fsp3) is 0.357. The number of alkyl halides is 6. The number of halogens is 6. The van der Waals surface area contributed by atoms with Crippen LogP contribution >= 0.6 is 0 Å². The van der Waals surface area contributed by atoms with Gasteiger partial charge in [0.15, 0.2) is 0 Å². The molecule has 0 unspecified atom stereocenters. The molecular formula is C14H11F6N3O2. The van der Waals surface area contributed by atoms with E-state index in [0.717, 1.165) is 12.1 Å². The lowest BCUT2D eigenvalue weighted by molar-refractivity contribution is -0.159. The van der Waals surface area contributed by atoms with Crippen molar-refractivity contribution < 1.29 is 35.7 Å². The average molecular weight is 367 g/mol. The van der Waals surface area contributed by atoms with Gasteiger partial charge in [-0.3, -0.25) is 4.79 Å². The zero-order chi connectivity index (χ0) is 18.8. The second kappa shape index (κ2) is 6.73. The Labute approximate surface area is 137 Å². The van der Waals surface area contributed by atoms with E-state index in [1.807, 2.05) is 0 Å². The van der Waals surface area contributed by atoms with Gasteiger partial charge in [0.25, 0.3) is 0 Å². The van der Waals surface area contributed by atoms with Gasteiger partial charge in [-0.1, -0.05) is 24.2 Å². The second-order valence-electron chi connectivity index (χ2n) is 4.92. The van der Waals surface area contributed by atoms with Gasteiger partial charge in [-0.25, -0.2) is 0 Å². The number of nitrogens with zero attached hydrogens (tertiary/aromatic N) is 2. The van der Waals surface area contributed by atoms with Crippen molar-refractivity contribution in [3.8, 4) is 11.4 Å². The van der Waals surface area contributed by atoms with Crippen LogP contribution in [0.15, 0.2) is 22.7 Å². The molecule has 136 valence electrons.